The topological polar surface area (TPSA) is 89.5 Å². The largest absolute Gasteiger partial charge is 0.489 e. The molecule has 3 aromatic rings. The molecule has 2 aromatic heterocycles. The van der Waals surface area contributed by atoms with E-state index in [0.29, 0.717) is 16.3 Å². The van der Waals surface area contributed by atoms with Crippen LogP contribution in [0.4, 0.5) is 4.39 Å². The maximum atomic E-state index is 14.7. The van der Waals surface area contributed by atoms with Crippen molar-refractivity contribution in [2.45, 2.75) is 18.9 Å². The van der Waals surface area contributed by atoms with Crippen molar-refractivity contribution >= 4 is 11.6 Å². The number of aromatic nitrogens is 6. The smallest absolute Gasteiger partial charge is 0.226 e. The number of nitrogens with zero attached hydrogens (tertiary/aromatic N) is 5. The van der Waals surface area contributed by atoms with E-state index in [1.165, 1.54) is 6.33 Å². The lowest BCUT2D eigenvalue weighted by Crippen LogP contribution is -1.99. The summed E-state index contributed by atoms with van der Waals surface area (Å²) in [4.78, 5) is 7.86. The molecular formula is C14H10ClFN6O. The van der Waals surface area contributed by atoms with Crippen molar-refractivity contribution in [3.8, 4) is 28.5 Å². The quantitative estimate of drug-likeness (QED) is 0.790. The Balaban J connectivity index is 1.73. The maximum absolute atomic E-state index is 14.7. The van der Waals surface area contributed by atoms with Crippen molar-refractivity contribution in [1.82, 2.24) is 30.6 Å². The van der Waals surface area contributed by atoms with Crippen LogP contribution in [0.1, 0.15) is 12.8 Å². The minimum atomic E-state index is -0.638. The summed E-state index contributed by atoms with van der Waals surface area (Å²) in [5.74, 6) is 0.0116. The van der Waals surface area contributed by atoms with E-state index in [-0.39, 0.29) is 23.3 Å². The monoisotopic (exact) mass is 332 g/mol. The fraction of sp³-hybridized carbons (Fsp3) is 0.214. The molecule has 1 aliphatic rings. The van der Waals surface area contributed by atoms with Crippen molar-refractivity contribution in [2.75, 3.05) is 0 Å². The highest BCUT2D eigenvalue weighted by molar-refractivity contribution is 6.32. The first-order valence-corrected chi connectivity index (χ1v) is 7.31. The summed E-state index contributed by atoms with van der Waals surface area (Å²) in [7, 11) is 0. The van der Waals surface area contributed by atoms with Crippen molar-refractivity contribution in [3.63, 3.8) is 0 Å². The Hall–Kier alpha value is -2.61. The van der Waals surface area contributed by atoms with E-state index in [9.17, 15) is 4.39 Å². The van der Waals surface area contributed by atoms with Gasteiger partial charge in [0.1, 0.15) is 17.8 Å². The van der Waals surface area contributed by atoms with Crippen LogP contribution in [0.5, 0.6) is 5.75 Å². The van der Waals surface area contributed by atoms with Gasteiger partial charge < -0.3 is 4.74 Å². The number of ether oxygens (including phenoxy) is 1. The van der Waals surface area contributed by atoms with E-state index < -0.39 is 5.82 Å². The van der Waals surface area contributed by atoms with E-state index in [2.05, 4.69) is 30.6 Å². The number of rotatable bonds is 4. The molecular weight excluding hydrogens is 323 g/mol. The van der Waals surface area contributed by atoms with Crippen LogP contribution in [-0.4, -0.2) is 36.7 Å². The Kier molecular flexibility index (Phi) is 3.38. The molecule has 0 radical (unpaired) electrons. The highest BCUT2D eigenvalue weighted by Gasteiger charge is 2.25. The van der Waals surface area contributed by atoms with Crippen LogP contribution >= 0.6 is 11.6 Å². The summed E-state index contributed by atoms with van der Waals surface area (Å²) >= 11 is 6.21. The second-order valence-corrected chi connectivity index (χ2v) is 5.49. The lowest BCUT2D eigenvalue weighted by Gasteiger charge is -2.09. The zero-order valence-electron chi connectivity index (χ0n) is 11.7. The second-order valence-electron chi connectivity index (χ2n) is 5.08. The van der Waals surface area contributed by atoms with Gasteiger partial charge in [-0.05, 0) is 36.3 Å². The molecule has 0 aliphatic heterocycles. The number of hydrogen-bond acceptors (Lipinski definition) is 6. The Morgan fingerprint density at radius 2 is 2.04 bits per heavy atom. The minimum Gasteiger partial charge on any atom is -0.489 e. The highest BCUT2D eigenvalue weighted by atomic mass is 35.5. The van der Waals surface area contributed by atoms with Gasteiger partial charge in [-0.25, -0.2) is 14.4 Å². The zero-order valence-corrected chi connectivity index (χ0v) is 12.5. The van der Waals surface area contributed by atoms with E-state index >= 15 is 0 Å². The Morgan fingerprint density at radius 3 is 2.74 bits per heavy atom. The van der Waals surface area contributed by atoms with Gasteiger partial charge in [-0.3, -0.25) is 0 Å². The van der Waals surface area contributed by atoms with E-state index in [4.69, 9.17) is 16.3 Å². The fourth-order valence-electron chi connectivity index (χ4n) is 2.10. The summed E-state index contributed by atoms with van der Waals surface area (Å²) in [5.41, 5.74) is 0.598. The molecule has 7 nitrogen and oxygen atoms in total. The third-order valence-electron chi connectivity index (χ3n) is 3.37. The van der Waals surface area contributed by atoms with Crippen LogP contribution in [0.15, 0.2) is 24.5 Å². The summed E-state index contributed by atoms with van der Waals surface area (Å²) in [6.45, 7) is 0. The lowest BCUT2D eigenvalue weighted by atomic mass is 10.1. The molecule has 2 heterocycles. The number of tetrazole rings is 1. The van der Waals surface area contributed by atoms with Crippen molar-refractivity contribution in [2.24, 2.45) is 0 Å². The molecule has 0 spiro atoms. The molecule has 1 N–H and O–H groups in total. The van der Waals surface area contributed by atoms with Gasteiger partial charge in [-0.2, -0.15) is 5.21 Å². The predicted molar refractivity (Wildman–Crippen MR) is 79.3 cm³/mol. The minimum absolute atomic E-state index is 0.0295. The molecule has 4 rings (SSSR count). The first-order valence-electron chi connectivity index (χ1n) is 6.93. The normalized spacial score (nSPS) is 14.0. The van der Waals surface area contributed by atoms with Crippen LogP contribution < -0.4 is 4.74 Å². The van der Waals surface area contributed by atoms with Gasteiger partial charge in [0.2, 0.25) is 5.82 Å². The Bertz CT molecular complexity index is 852. The van der Waals surface area contributed by atoms with Gasteiger partial charge in [0.25, 0.3) is 0 Å². The van der Waals surface area contributed by atoms with Crippen LogP contribution in [0.2, 0.25) is 5.02 Å². The summed E-state index contributed by atoms with van der Waals surface area (Å²) in [6.07, 6.45) is 3.55. The Morgan fingerprint density at radius 1 is 1.22 bits per heavy atom. The summed E-state index contributed by atoms with van der Waals surface area (Å²) < 4.78 is 20.3. The molecule has 0 unspecified atom stereocenters. The number of halogens is 2. The molecule has 23 heavy (non-hydrogen) atoms. The third kappa shape index (κ3) is 2.72. The number of hydrogen-bond donors (Lipinski definition) is 1. The third-order valence-corrected chi connectivity index (χ3v) is 3.67. The van der Waals surface area contributed by atoms with Crippen LogP contribution in [0, 0.1) is 5.82 Å². The number of benzene rings is 1. The molecule has 116 valence electrons. The number of nitrogens with one attached hydrogen (secondary N) is 1. The summed E-state index contributed by atoms with van der Waals surface area (Å²) in [5, 5.41) is 13.5. The van der Waals surface area contributed by atoms with Crippen molar-refractivity contribution < 1.29 is 9.13 Å². The van der Waals surface area contributed by atoms with E-state index in [1.807, 2.05) is 0 Å². The van der Waals surface area contributed by atoms with Gasteiger partial charge >= 0.3 is 0 Å². The lowest BCUT2D eigenvalue weighted by molar-refractivity contribution is 0.303. The van der Waals surface area contributed by atoms with Crippen LogP contribution in [-0.2, 0) is 0 Å². The van der Waals surface area contributed by atoms with Gasteiger partial charge in [-0.1, -0.05) is 11.6 Å². The SMILES string of the molecule is Fc1c(-c2ccc(OC3CC3)c(Cl)c2)ncnc1-c1nn[nH]n1. The Labute approximate surface area is 134 Å². The number of H-pyrrole nitrogens is 1. The molecule has 1 saturated carbocycles. The van der Waals surface area contributed by atoms with Gasteiger partial charge in [-0.15, -0.1) is 10.2 Å². The number of aromatic amines is 1. The molecule has 9 heteroatoms. The van der Waals surface area contributed by atoms with Crippen LogP contribution in [0.25, 0.3) is 22.8 Å². The standard InChI is InChI=1S/C14H10ClFN6O/c15-9-5-7(1-4-10(9)23-8-2-3-8)12-11(16)13(18-6-17-12)14-19-21-22-20-14/h1,4-6,8H,2-3H2,(H,19,20,21,22). The van der Waals surface area contributed by atoms with E-state index in [1.54, 1.807) is 18.2 Å². The molecule has 0 saturated heterocycles. The fourth-order valence-corrected chi connectivity index (χ4v) is 2.32. The molecule has 1 fully saturated rings. The molecule has 0 bridgehead atoms. The average Bonchev–Trinajstić information content (AvgIpc) is 3.20. The molecule has 1 aromatic carbocycles. The van der Waals surface area contributed by atoms with E-state index in [0.717, 1.165) is 12.8 Å². The first kappa shape index (κ1) is 14.0. The van der Waals surface area contributed by atoms with Gasteiger partial charge in [0.05, 0.1) is 11.1 Å². The average molecular weight is 333 g/mol. The van der Waals surface area contributed by atoms with Crippen molar-refractivity contribution in [3.05, 3.63) is 35.4 Å². The van der Waals surface area contributed by atoms with Gasteiger partial charge in [0.15, 0.2) is 11.5 Å². The highest BCUT2D eigenvalue weighted by Crippen LogP contribution is 2.35. The predicted octanol–water partition coefficient (Wildman–Crippen LogP) is 2.66. The molecule has 0 amide bonds. The molecule has 1 aliphatic carbocycles. The second kappa shape index (κ2) is 5.54. The molecule has 0 atom stereocenters. The van der Waals surface area contributed by atoms with Crippen LogP contribution in [0.3, 0.4) is 0 Å². The zero-order chi connectivity index (χ0) is 15.8. The van der Waals surface area contributed by atoms with Gasteiger partial charge in [0, 0.05) is 5.56 Å². The summed E-state index contributed by atoms with van der Waals surface area (Å²) in [6, 6.07) is 5.03. The van der Waals surface area contributed by atoms with Crippen molar-refractivity contribution in [1.29, 1.82) is 0 Å². The maximum Gasteiger partial charge on any atom is 0.226 e. The first-order chi connectivity index (χ1) is 11.2.